The molecule has 0 bridgehead atoms. The van der Waals surface area contributed by atoms with Crippen molar-refractivity contribution < 1.29 is 23.8 Å². The van der Waals surface area contributed by atoms with Crippen molar-refractivity contribution in [2.24, 2.45) is 0 Å². The molecule has 27 heavy (non-hydrogen) atoms. The van der Waals surface area contributed by atoms with E-state index >= 15 is 0 Å². The lowest BCUT2D eigenvalue weighted by molar-refractivity contribution is -0.117. The van der Waals surface area contributed by atoms with E-state index in [0.717, 1.165) is 0 Å². The number of hydrogen-bond acceptors (Lipinski definition) is 5. The van der Waals surface area contributed by atoms with Gasteiger partial charge < -0.3 is 24.4 Å². The number of halogens is 1. The normalized spacial score (nSPS) is 11.8. The van der Waals surface area contributed by atoms with Crippen molar-refractivity contribution in [1.82, 2.24) is 0 Å². The lowest BCUT2D eigenvalue weighted by Gasteiger charge is -2.23. The molecule has 2 aromatic carbocycles. The van der Waals surface area contributed by atoms with Gasteiger partial charge in [0.1, 0.15) is 5.75 Å². The van der Waals surface area contributed by atoms with Crippen LogP contribution in [-0.2, 0) is 9.59 Å². The highest BCUT2D eigenvalue weighted by Crippen LogP contribution is 2.34. The number of anilines is 2. The van der Waals surface area contributed by atoms with Gasteiger partial charge in [-0.1, -0.05) is 11.6 Å². The first-order valence-corrected chi connectivity index (χ1v) is 8.67. The number of rotatable bonds is 6. The minimum absolute atomic E-state index is 0.101. The summed E-state index contributed by atoms with van der Waals surface area (Å²) in [7, 11) is 1.51. The first kappa shape index (κ1) is 18.8. The van der Waals surface area contributed by atoms with E-state index in [9.17, 15) is 9.59 Å². The van der Waals surface area contributed by atoms with Gasteiger partial charge in [0.05, 0.1) is 12.8 Å². The molecule has 2 aromatic rings. The Morgan fingerprint density at radius 2 is 1.96 bits per heavy atom. The summed E-state index contributed by atoms with van der Waals surface area (Å²) in [5.74, 6) is 1.28. The fourth-order valence-corrected chi connectivity index (χ4v) is 2.90. The maximum Gasteiger partial charge on any atom is 0.231 e. The van der Waals surface area contributed by atoms with E-state index in [2.05, 4.69) is 5.32 Å². The van der Waals surface area contributed by atoms with Crippen LogP contribution in [0.1, 0.15) is 13.3 Å². The van der Waals surface area contributed by atoms with Gasteiger partial charge in [0, 0.05) is 36.7 Å². The van der Waals surface area contributed by atoms with Crippen LogP contribution in [-0.4, -0.2) is 32.3 Å². The van der Waals surface area contributed by atoms with E-state index in [4.69, 9.17) is 25.8 Å². The van der Waals surface area contributed by atoms with Gasteiger partial charge in [0.15, 0.2) is 11.5 Å². The summed E-state index contributed by atoms with van der Waals surface area (Å²) in [6.45, 7) is 1.78. The maximum absolute atomic E-state index is 12.3. The molecule has 0 saturated carbocycles. The van der Waals surface area contributed by atoms with E-state index in [1.54, 1.807) is 36.4 Å². The van der Waals surface area contributed by atoms with Crippen LogP contribution >= 0.6 is 11.6 Å². The number of methoxy groups -OCH3 is 1. The molecule has 142 valence electrons. The van der Waals surface area contributed by atoms with Crippen LogP contribution in [0.3, 0.4) is 0 Å². The summed E-state index contributed by atoms with van der Waals surface area (Å²) in [6.07, 6.45) is 0.101. The molecule has 1 N–H and O–H groups in total. The standard InChI is InChI=1S/C19H19ClN2O5/c1-12(23)22(15-9-13(20)3-5-16(15)25-2)8-7-19(24)21-14-4-6-17-18(10-14)27-11-26-17/h3-6,9-10H,7-8,11H2,1-2H3,(H,21,24). The highest BCUT2D eigenvalue weighted by Gasteiger charge is 2.19. The number of hydrogen-bond donors (Lipinski definition) is 1. The number of nitrogens with zero attached hydrogens (tertiary/aromatic N) is 1. The first-order valence-electron chi connectivity index (χ1n) is 8.29. The van der Waals surface area contributed by atoms with Gasteiger partial charge in [-0.3, -0.25) is 9.59 Å². The quantitative estimate of drug-likeness (QED) is 0.817. The highest BCUT2D eigenvalue weighted by atomic mass is 35.5. The third kappa shape index (κ3) is 4.43. The van der Waals surface area contributed by atoms with E-state index in [0.29, 0.717) is 33.6 Å². The Morgan fingerprint density at radius 1 is 1.19 bits per heavy atom. The third-order valence-electron chi connectivity index (χ3n) is 4.03. The largest absolute Gasteiger partial charge is 0.495 e. The zero-order chi connectivity index (χ0) is 19.4. The van der Waals surface area contributed by atoms with Gasteiger partial charge in [-0.05, 0) is 30.3 Å². The minimum atomic E-state index is -0.235. The highest BCUT2D eigenvalue weighted by molar-refractivity contribution is 6.31. The van der Waals surface area contributed by atoms with Crippen LogP contribution in [0.15, 0.2) is 36.4 Å². The van der Waals surface area contributed by atoms with Crippen LogP contribution in [0.2, 0.25) is 5.02 Å². The fourth-order valence-electron chi connectivity index (χ4n) is 2.73. The molecule has 3 rings (SSSR count). The van der Waals surface area contributed by atoms with Crippen molar-refractivity contribution in [2.45, 2.75) is 13.3 Å². The molecule has 1 aliphatic heterocycles. The molecule has 0 aliphatic carbocycles. The Hall–Kier alpha value is -2.93. The molecule has 2 amide bonds. The number of carbonyl (C=O) groups is 2. The Labute approximate surface area is 161 Å². The zero-order valence-corrected chi connectivity index (χ0v) is 15.7. The molecule has 0 unspecified atom stereocenters. The summed E-state index contributed by atoms with van der Waals surface area (Å²) in [5.41, 5.74) is 1.12. The smallest absolute Gasteiger partial charge is 0.231 e. The van der Waals surface area contributed by atoms with Gasteiger partial charge in [-0.25, -0.2) is 0 Å². The van der Waals surface area contributed by atoms with Crippen LogP contribution in [0, 0.1) is 0 Å². The third-order valence-corrected chi connectivity index (χ3v) is 4.27. The van der Waals surface area contributed by atoms with Crippen molar-refractivity contribution in [3.63, 3.8) is 0 Å². The number of amides is 2. The number of carbonyl (C=O) groups excluding carboxylic acids is 2. The Kier molecular flexibility index (Phi) is 5.71. The molecule has 0 saturated heterocycles. The van der Waals surface area contributed by atoms with E-state index in [1.807, 2.05) is 0 Å². The van der Waals surface area contributed by atoms with E-state index < -0.39 is 0 Å². The fraction of sp³-hybridized carbons (Fsp3) is 0.263. The molecule has 0 atom stereocenters. The lowest BCUT2D eigenvalue weighted by Crippen LogP contribution is -2.32. The second-order valence-electron chi connectivity index (χ2n) is 5.85. The molecular weight excluding hydrogens is 372 g/mol. The molecule has 0 radical (unpaired) electrons. The first-order chi connectivity index (χ1) is 13.0. The molecule has 7 nitrogen and oxygen atoms in total. The summed E-state index contributed by atoms with van der Waals surface area (Å²) in [5, 5.41) is 3.26. The summed E-state index contributed by atoms with van der Waals surface area (Å²) in [6, 6.07) is 10.2. The van der Waals surface area contributed by atoms with E-state index in [-0.39, 0.29) is 31.6 Å². The molecule has 0 aromatic heterocycles. The average molecular weight is 391 g/mol. The average Bonchev–Trinajstić information content (AvgIpc) is 3.09. The SMILES string of the molecule is COc1ccc(Cl)cc1N(CCC(=O)Nc1ccc2c(c1)OCO2)C(C)=O. The molecule has 0 fully saturated rings. The molecule has 1 heterocycles. The Balaban J connectivity index is 1.67. The van der Waals surface area contributed by atoms with Crippen molar-refractivity contribution in [2.75, 3.05) is 30.7 Å². The summed E-state index contributed by atoms with van der Waals surface area (Å²) in [4.78, 5) is 25.9. The number of fused-ring (bicyclic) bond motifs is 1. The number of benzene rings is 2. The van der Waals surface area contributed by atoms with Gasteiger partial charge in [0.2, 0.25) is 18.6 Å². The van der Waals surface area contributed by atoms with Crippen LogP contribution in [0.25, 0.3) is 0 Å². The number of nitrogens with one attached hydrogen (secondary N) is 1. The molecule has 1 aliphatic rings. The van der Waals surface area contributed by atoms with Crippen molar-refractivity contribution >= 4 is 34.8 Å². The van der Waals surface area contributed by atoms with Crippen LogP contribution in [0.5, 0.6) is 17.2 Å². The van der Waals surface area contributed by atoms with Crippen molar-refractivity contribution in [3.05, 3.63) is 41.4 Å². The summed E-state index contributed by atoms with van der Waals surface area (Å²) < 4.78 is 15.8. The summed E-state index contributed by atoms with van der Waals surface area (Å²) >= 11 is 6.04. The van der Waals surface area contributed by atoms with Crippen molar-refractivity contribution in [1.29, 1.82) is 0 Å². The van der Waals surface area contributed by atoms with Gasteiger partial charge >= 0.3 is 0 Å². The second kappa shape index (κ2) is 8.18. The molecular formula is C19H19ClN2O5. The van der Waals surface area contributed by atoms with E-state index in [1.165, 1.54) is 18.9 Å². The monoisotopic (exact) mass is 390 g/mol. The lowest BCUT2D eigenvalue weighted by atomic mass is 10.2. The van der Waals surface area contributed by atoms with Crippen LogP contribution in [0.4, 0.5) is 11.4 Å². The predicted molar refractivity (Wildman–Crippen MR) is 102 cm³/mol. The topological polar surface area (TPSA) is 77.1 Å². The zero-order valence-electron chi connectivity index (χ0n) is 15.0. The minimum Gasteiger partial charge on any atom is -0.495 e. The number of ether oxygens (including phenoxy) is 3. The second-order valence-corrected chi connectivity index (χ2v) is 6.29. The Bertz CT molecular complexity index is 871. The molecule has 8 heteroatoms. The van der Waals surface area contributed by atoms with Gasteiger partial charge in [-0.15, -0.1) is 0 Å². The predicted octanol–water partition coefficient (Wildman–Crippen LogP) is 3.46. The maximum atomic E-state index is 12.3. The van der Waals surface area contributed by atoms with Crippen LogP contribution < -0.4 is 24.4 Å². The van der Waals surface area contributed by atoms with Crippen molar-refractivity contribution in [3.8, 4) is 17.2 Å². The Morgan fingerprint density at radius 3 is 2.70 bits per heavy atom. The van der Waals surface area contributed by atoms with Gasteiger partial charge in [-0.2, -0.15) is 0 Å². The molecule has 0 spiro atoms. The van der Waals surface area contributed by atoms with Gasteiger partial charge in [0.25, 0.3) is 0 Å².